The van der Waals surface area contributed by atoms with Gasteiger partial charge in [-0.3, -0.25) is 4.21 Å². The van der Waals surface area contributed by atoms with Crippen molar-refractivity contribution < 1.29 is 4.21 Å². The van der Waals surface area contributed by atoms with E-state index in [1.165, 1.54) is 5.40 Å². The molecule has 0 aromatic heterocycles. The standard InChI is InChI=1S/C2H6OS.CHNS/c1-4(2)3;2-1-3/h1-2H3;3H. The maximum Gasteiger partial charge on any atom is 0.130 e. The van der Waals surface area contributed by atoms with Crippen molar-refractivity contribution in [2.24, 2.45) is 0 Å². The summed E-state index contributed by atoms with van der Waals surface area (Å²) in [6.07, 6.45) is 3.28. The fourth-order valence-electron chi connectivity index (χ4n) is 0. The molecule has 0 atom stereocenters. The molecular formula is C3H7NOS2. The molecule has 0 amide bonds. The Morgan fingerprint density at radius 2 is 1.71 bits per heavy atom. The van der Waals surface area contributed by atoms with E-state index in [2.05, 4.69) is 12.6 Å². The molecule has 42 valence electrons. The highest BCUT2D eigenvalue weighted by Crippen LogP contribution is 1.47. The molecule has 0 saturated carbocycles. The molecule has 7 heavy (non-hydrogen) atoms. The highest BCUT2D eigenvalue weighted by Gasteiger charge is 1.57. The lowest BCUT2D eigenvalue weighted by Crippen LogP contribution is -1.70. The second-order valence-corrected chi connectivity index (χ2v) is 2.52. The van der Waals surface area contributed by atoms with Gasteiger partial charge in [0.1, 0.15) is 5.40 Å². The van der Waals surface area contributed by atoms with Gasteiger partial charge in [0.25, 0.3) is 0 Å². The van der Waals surface area contributed by atoms with Crippen LogP contribution in [0.15, 0.2) is 0 Å². The van der Waals surface area contributed by atoms with Gasteiger partial charge in [0.15, 0.2) is 0 Å². The minimum absolute atomic E-state index is 0.611. The average Bonchev–Trinajstić information content (AvgIpc) is 1.33. The van der Waals surface area contributed by atoms with Gasteiger partial charge in [0.05, 0.1) is 0 Å². The van der Waals surface area contributed by atoms with Crippen molar-refractivity contribution in [3.05, 3.63) is 0 Å². The largest absolute Gasteiger partial charge is 0.260 e. The number of rotatable bonds is 0. The molecule has 0 heterocycles. The van der Waals surface area contributed by atoms with Crippen LogP contribution in [0.2, 0.25) is 0 Å². The van der Waals surface area contributed by atoms with E-state index >= 15 is 0 Å². The Balaban J connectivity index is 0. The summed E-state index contributed by atoms with van der Waals surface area (Å²) in [5.41, 5.74) is 0. The van der Waals surface area contributed by atoms with E-state index in [0.717, 1.165) is 0 Å². The molecule has 0 radical (unpaired) electrons. The van der Waals surface area contributed by atoms with Gasteiger partial charge in [-0.1, -0.05) is 12.6 Å². The number of nitrogens with zero attached hydrogens (tertiary/aromatic N) is 1. The SMILES string of the molecule is CS(C)=O.N#CS. The number of hydrogen-bond acceptors (Lipinski definition) is 3. The van der Waals surface area contributed by atoms with Crippen LogP contribution in [0.4, 0.5) is 0 Å². The minimum atomic E-state index is -0.611. The average molecular weight is 137 g/mol. The Hall–Kier alpha value is -0.0100. The van der Waals surface area contributed by atoms with Crippen molar-refractivity contribution in [2.45, 2.75) is 0 Å². The Kier molecular flexibility index (Phi) is 13.5. The summed E-state index contributed by atoms with van der Waals surface area (Å²) in [7, 11) is -0.611. The quantitative estimate of drug-likeness (QED) is 0.387. The van der Waals surface area contributed by atoms with E-state index in [9.17, 15) is 4.21 Å². The van der Waals surface area contributed by atoms with E-state index in [1.807, 2.05) is 0 Å². The third kappa shape index (κ3) is 954000. The first-order valence-electron chi connectivity index (χ1n) is 1.43. The fourth-order valence-corrected chi connectivity index (χ4v) is 0. The van der Waals surface area contributed by atoms with Crippen LogP contribution < -0.4 is 0 Å². The molecule has 0 saturated heterocycles. The first-order chi connectivity index (χ1) is 3.15. The van der Waals surface area contributed by atoms with E-state index in [0.29, 0.717) is 0 Å². The topological polar surface area (TPSA) is 40.9 Å². The molecule has 4 heteroatoms. The number of thiol groups is 1. The maximum atomic E-state index is 9.56. The molecule has 0 aromatic rings. The van der Waals surface area contributed by atoms with Gasteiger partial charge >= 0.3 is 0 Å². The molecule has 0 N–H and O–H groups in total. The third-order valence-corrected chi connectivity index (χ3v) is 0. The molecule has 0 aliphatic rings. The molecule has 0 spiro atoms. The zero-order valence-corrected chi connectivity index (χ0v) is 5.92. The van der Waals surface area contributed by atoms with Crippen LogP contribution >= 0.6 is 12.6 Å². The molecule has 0 unspecified atom stereocenters. The van der Waals surface area contributed by atoms with E-state index in [4.69, 9.17) is 5.26 Å². The zero-order valence-electron chi connectivity index (χ0n) is 4.21. The van der Waals surface area contributed by atoms with Crippen molar-refractivity contribution in [3.8, 4) is 5.40 Å². The van der Waals surface area contributed by atoms with Gasteiger partial charge in [0.2, 0.25) is 0 Å². The van der Waals surface area contributed by atoms with E-state index in [1.54, 1.807) is 12.5 Å². The van der Waals surface area contributed by atoms with Crippen LogP contribution in [-0.2, 0) is 10.8 Å². The minimum Gasteiger partial charge on any atom is -0.260 e. The van der Waals surface area contributed by atoms with Gasteiger partial charge in [-0.2, -0.15) is 5.26 Å². The highest BCUT2D eigenvalue weighted by atomic mass is 32.2. The first kappa shape index (κ1) is 10.1. The molecule has 2 nitrogen and oxygen atoms in total. The van der Waals surface area contributed by atoms with Crippen molar-refractivity contribution in [2.75, 3.05) is 12.5 Å². The Labute approximate surface area is 51.4 Å². The van der Waals surface area contributed by atoms with E-state index in [-0.39, 0.29) is 0 Å². The van der Waals surface area contributed by atoms with Gasteiger partial charge < -0.3 is 0 Å². The molecule has 0 aliphatic heterocycles. The predicted molar refractivity (Wildman–Crippen MR) is 34.6 cm³/mol. The summed E-state index contributed by atoms with van der Waals surface area (Å²) in [5, 5.41) is 8.63. The number of hydrogen-bond donors (Lipinski definition) is 1. The van der Waals surface area contributed by atoms with Crippen molar-refractivity contribution in [1.29, 1.82) is 5.26 Å². The van der Waals surface area contributed by atoms with Crippen LogP contribution in [-0.4, -0.2) is 16.7 Å². The molecular weight excluding hydrogens is 130 g/mol. The van der Waals surface area contributed by atoms with Crippen LogP contribution in [0.25, 0.3) is 0 Å². The van der Waals surface area contributed by atoms with Crippen molar-refractivity contribution >= 4 is 23.4 Å². The normalized spacial score (nSPS) is 6.14. The lowest BCUT2D eigenvalue weighted by Gasteiger charge is -1.60. The Morgan fingerprint density at radius 1 is 1.71 bits per heavy atom. The third-order valence-electron chi connectivity index (χ3n) is 0. The van der Waals surface area contributed by atoms with Gasteiger partial charge in [-0.05, 0) is 0 Å². The molecule has 0 rings (SSSR count). The Bertz CT molecular complexity index is 81.4. The predicted octanol–water partition coefficient (Wildman–Crippen LogP) is 0.392. The Morgan fingerprint density at radius 3 is 1.71 bits per heavy atom. The second kappa shape index (κ2) is 9.37. The van der Waals surface area contributed by atoms with Crippen molar-refractivity contribution in [1.82, 2.24) is 0 Å². The molecule has 0 aromatic carbocycles. The molecule has 0 bridgehead atoms. The lowest BCUT2D eigenvalue weighted by atomic mass is 11.8. The zero-order chi connectivity index (χ0) is 6.28. The summed E-state index contributed by atoms with van der Waals surface area (Å²) in [4.78, 5) is 0. The van der Waals surface area contributed by atoms with Crippen LogP contribution in [0.3, 0.4) is 0 Å². The van der Waals surface area contributed by atoms with Gasteiger partial charge in [0, 0.05) is 23.3 Å². The smallest absolute Gasteiger partial charge is 0.130 e. The summed E-state index contributed by atoms with van der Waals surface area (Å²) >= 11 is 3.09. The fraction of sp³-hybridized carbons (Fsp3) is 0.667. The summed E-state index contributed by atoms with van der Waals surface area (Å²) in [5.74, 6) is 0. The van der Waals surface area contributed by atoms with Crippen LogP contribution in [0, 0.1) is 10.7 Å². The van der Waals surface area contributed by atoms with Crippen molar-refractivity contribution in [3.63, 3.8) is 0 Å². The summed E-state index contributed by atoms with van der Waals surface area (Å²) in [6.45, 7) is 0. The van der Waals surface area contributed by atoms with Gasteiger partial charge in [-0.15, -0.1) is 0 Å². The second-order valence-electron chi connectivity index (χ2n) is 0.842. The van der Waals surface area contributed by atoms with Crippen LogP contribution in [0.1, 0.15) is 0 Å². The number of nitriles is 1. The van der Waals surface area contributed by atoms with Gasteiger partial charge in [-0.25, -0.2) is 0 Å². The molecule has 0 aliphatic carbocycles. The first-order valence-corrected chi connectivity index (χ1v) is 3.84. The maximum absolute atomic E-state index is 9.56. The number of thiocyanates is 1. The lowest BCUT2D eigenvalue weighted by molar-refractivity contribution is 0.690. The molecule has 0 fully saturated rings. The monoisotopic (exact) mass is 137 g/mol. The van der Waals surface area contributed by atoms with Crippen LogP contribution in [0.5, 0.6) is 0 Å². The summed E-state index contributed by atoms with van der Waals surface area (Å²) in [6, 6.07) is 0. The summed E-state index contributed by atoms with van der Waals surface area (Å²) < 4.78 is 9.56. The van der Waals surface area contributed by atoms with E-state index < -0.39 is 10.8 Å². The highest BCUT2D eigenvalue weighted by molar-refractivity contribution is 7.85.